The van der Waals surface area contributed by atoms with Gasteiger partial charge in [0.1, 0.15) is 5.82 Å². The molecule has 2 aliphatic rings. The zero-order valence-electron chi connectivity index (χ0n) is 16.1. The van der Waals surface area contributed by atoms with Gasteiger partial charge in [0.05, 0.1) is 6.04 Å². The number of aryl methyl sites for hydroxylation is 1. The molecule has 1 fully saturated rings. The first-order chi connectivity index (χ1) is 14.0. The summed E-state index contributed by atoms with van der Waals surface area (Å²) in [5.41, 5.74) is 4.33. The highest BCUT2D eigenvalue weighted by molar-refractivity contribution is 5.95. The van der Waals surface area contributed by atoms with E-state index in [1.54, 1.807) is 17.0 Å². The van der Waals surface area contributed by atoms with Crippen molar-refractivity contribution >= 4 is 17.7 Å². The molecule has 3 N–H and O–H groups in total. The van der Waals surface area contributed by atoms with Gasteiger partial charge in [-0.3, -0.25) is 9.69 Å². The van der Waals surface area contributed by atoms with E-state index in [1.165, 1.54) is 17.2 Å². The first kappa shape index (κ1) is 19.4. The molecule has 7 heteroatoms. The van der Waals surface area contributed by atoms with Gasteiger partial charge < -0.3 is 15.7 Å². The van der Waals surface area contributed by atoms with Crippen LogP contribution in [0.25, 0.3) is 0 Å². The Labute approximate surface area is 168 Å². The Morgan fingerprint density at radius 2 is 1.93 bits per heavy atom. The summed E-state index contributed by atoms with van der Waals surface area (Å²) in [5, 5.41) is 15.0. The Morgan fingerprint density at radius 1 is 1.14 bits per heavy atom. The summed E-state index contributed by atoms with van der Waals surface area (Å²) >= 11 is 0. The molecule has 2 aromatic carbocycles. The third-order valence-corrected chi connectivity index (χ3v) is 5.64. The molecule has 0 spiro atoms. The summed E-state index contributed by atoms with van der Waals surface area (Å²) in [5.74, 6) is -1.33. The number of rotatable bonds is 5. The lowest BCUT2D eigenvalue weighted by Gasteiger charge is -2.25. The number of halogens is 1. The highest BCUT2D eigenvalue weighted by atomic mass is 19.1. The number of carboxylic acid groups (broad SMARTS) is 1. The van der Waals surface area contributed by atoms with Gasteiger partial charge in [-0.1, -0.05) is 18.2 Å². The Hall–Kier alpha value is -2.93. The van der Waals surface area contributed by atoms with Crippen molar-refractivity contribution in [2.75, 3.05) is 24.5 Å². The molecule has 0 aliphatic carbocycles. The van der Waals surface area contributed by atoms with Gasteiger partial charge in [-0.25, -0.2) is 9.18 Å². The molecule has 152 valence electrons. The maximum Gasteiger partial charge on any atom is 0.322 e. The van der Waals surface area contributed by atoms with Gasteiger partial charge >= 0.3 is 12.0 Å². The molecule has 4 rings (SSSR count). The fourth-order valence-corrected chi connectivity index (χ4v) is 4.11. The maximum atomic E-state index is 14.8. The average molecular weight is 397 g/mol. The maximum absolute atomic E-state index is 14.8. The molecule has 0 saturated carbocycles. The lowest BCUT2D eigenvalue weighted by molar-refractivity contribution is -0.136. The molecular weight excluding hydrogens is 373 g/mol. The van der Waals surface area contributed by atoms with E-state index in [0.717, 1.165) is 31.6 Å². The highest BCUT2D eigenvalue weighted by Crippen LogP contribution is 2.33. The van der Waals surface area contributed by atoms with E-state index in [-0.39, 0.29) is 18.9 Å². The number of carbonyl (C=O) groups is 2. The number of carbonyl (C=O) groups excluding carboxylic acids is 1. The summed E-state index contributed by atoms with van der Waals surface area (Å²) in [7, 11) is 0. The Morgan fingerprint density at radius 3 is 2.69 bits per heavy atom. The van der Waals surface area contributed by atoms with Gasteiger partial charge in [0.25, 0.3) is 0 Å². The number of hydrogen-bond acceptors (Lipinski definition) is 3. The Balaban J connectivity index is 1.62. The fourth-order valence-electron chi connectivity index (χ4n) is 4.11. The van der Waals surface area contributed by atoms with E-state index in [9.17, 15) is 14.0 Å². The van der Waals surface area contributed by atoms with Crippen LogP contribution < -0.4 is 15.5 Å². The number of nitrogens with one attached hydrogen (secondary N) is 2. The minimum Gasteiger partial charge on any atom is -0.481 e. The lowest BCUT2D eigenvalue weighted by atomic mass is 9.99. The third kappa shape index (κ3) is 4.10. The fraction of sp³-hybridized carbons (Fsp3) is 0.364. The van der Waals surface area contributed by atoms with Crippen LogP contribution in [0.4, 0.5) is 14.9 Å². The summed E-state index contributed by atoms with van der Waals surface area (Å²) in [4.78, 5) is 24.9. The molecule has 1 saturated heterocycles. The first-order valence-electron chi connectivity index (χ1n) is 9.92. The van der Waals surface area contributed by atoms with Crippen molar-refractivity contribution in [3.63, 3.8) is 0 Å². The largest absolute Gasteiger partial charge is 0.481 e. The smallest absolute Gasteiger partial charge is 0.322 e. The molecule has 1 unspecified atom stereocenters. The summed E-state index contributed by atoms with van der Waals surface area (Å²) in [6, 6.07) is 10.1. The summed E-state index contributed by atoms with van der Waals surface area (Å²) in [6.07, 6.45) is 2.09. The molecule has 2 aromatic rings. The molecule has 29 heavy (non-hydrogen) atoms. The van der Waals surface area contributed by atoms with Crippen LogP contribution in [0.2, 0.25) is 0 Å². The van der Waals surface area contributed by atoms with Gasteiger partial charge in [-0.05, 0) is 67.2 Å². The van der Waals surface area contributed by atoms with Crippen molar-refractivity contribution in [3.05, 3.63) is 64.5 Å². The monoisotopic (exact) mass is 397 g/mol. The van der Waals surface area contributed by atoms with Crippen LogP contribution >= 0.6 is 0 Å². The number of carboxylic acids is 1. The second-order valence-electron chi connectivity index (χ2n) is 7.52. The number of fused-ring (bicyclic) bond motifs is 1. The molecular formula is C22H24FN3O3. The van der Waals surface area contributed by atoms with Gasteiger partial charge in [0.2, 0.25) is 0 Å². The molecule has 6 nitrogen and oxygen atoms in total. The van der Waals surface area contributed by atoms with Crippen LogP contribution in [0.3, 0.4) is 0 Å². The van der Waals surface area contributed by atoms with E-state index in [1.807, 2.05) is 12.1 Å². The predicted octanol–water partition coefficient (Wildman–Crippen LogP) is 2.80. The minimum absolute atomic E-state index is 0.0433. The van der Waals surface area contributed by atoms with Crippen LogP contribution in [0.1, 0.15) is 34.7 Å². The molecule has 2 heterocycles. The lowest BCUT2D eigenvalue weighted by Crippen LogP contribution is -2.30. The minimum atomic E-state index is -0.912. The van der Waals surface area contributed by atoms with Crippen molar-refractivity contribution in [1.82, 2.24) is 10.6 Å². The van der Waals surface area contributed by atoms with Crippen LogP contribution in [0.15, 0.2) is 36.4 Å². The van der Waals surface area contributed by atoms with E-state index in [0.29, 0.717) is 17.7 Å². The van der Waals surface area contributed by atoms with Gasteiger partial charge in [-0.15, -0.1) is 0 Å². The number of benzene rings is 2. The third-order valence-electron chi connectivity index (χ3n) is 5.64. The molecule has 0 aromatic heterocycles. The van der Waals surface area contributed by atoms with E-state index < -0.39 is 17.8 Å². The van der Waals surface area contributed by atoms with Gasteiger partial charge in [0.15, 0.2) is 0 Å². The van der Waals surface area contributed by atoms with Crippen LogP contribution in [0.5, 0.6) is 0 Å². The number of amides is 2. The zero-order valence-corrected chi connectivity index (χ0v) is 16.1. The van der Waals surface area contributed by atoms with Gasteiger partial charge in [0, 0.05) is 24.2 Å². The number of anilines is 1. The highest BCUT2D eigenvalue weighted by Gasteiger charge is 2.35. The number of hydrogen-bond donors (Lipinski definition) is 3. The van der Waals surface area contributed by atoms with Crippen LogP contribution in [-0.4, -0.2) is 36.7 Å². The Kier molecular flexibility index (Phi) is 5.49. The van der Waals surface area contributed by atoms with Crippen molar-refractivity contribution < 1.29 is 19.1 Å². The SMILES string of the molecule is O=C(O)CCc1ccc(C2CNC(=O)N2c2ccc3c(c2)CCNCC3)c(F)c1. The summed E-state index contributed by atoms with van der Waals surface area (Å²) in [6.45, 7) is 2.17. The first-order valence-corrected chi connectivity index (χ1v) is 9.92. The van der Waals surface area contributed by atoms with Crippen molar-refractivity contribution in [2.45, 2.75) is 31.7 Å². The number of aliphatic carboxylic acids is 1. The second kappa shape index (κ2) is 8.21. The second-order valence-corrected chi connectivity index (χ2v) is 7.52. The predicted molar refractivity (Wildman–Crippen MR) is 108 cm³/mol. The standard InChI is InChI=1S/C22H24FN3O3/c23-19-11-14(2-6-21(27)28)1-5-18(19)20-13-25-22(29)26(20)17-4-3-15-7-9-24-10-8-16(15)12-17/h1,3-5,11-12,20,24H,2,6-10,13H2,(H,25,29)(H,27,28). The average Bonchev–Trinajstić information content (AvgIpc) is 2.93. The molecule has 1 atom stereocenters. The Bertz CT molecular complexity index is 947. The van der Waals surface area contributed by atoms with E-state index >= 15 is 0 Å². The quantitative estimate of drug-likeness (QED) is 0.725. The van der Waals surface area contributed by atoms with Gasteiger partial charge in [-0.2, -0.15) is 0 Å². The number of urea groups is 1. The zero-order chi connectivity index (χ0) is 20.4. The topological polar surface area (TPSA) is 81.7 Å². The van der Waals surface area contributed by atoms with Crippen molar-refractivity contribution in [1.29, 1.82) is 0 Å². The van der Waals surface area contributed by atoms with Crippen molar-refractivity contribution in [3.8, 4) is 0 Å². The van der Waals surface area contributed by atoms with Crippen LogP contribution in [0, 0.1) is 5.82 Å². The van der Waals surface area contributed by atoms with E-state index in [4.69, 9.17) is 5.11 Å². The van der Waals surface area contributed by atoms with Crippen molar-refractivity contribution in [2.24, 2.45) is 0 Å². The molecule has 0 radical (unpaired) electrons. The van der Waals surface area contributed by atoms with Crippen LogP contribution in [-0.2, 0) is 24.1 Å². The molecule has 2 aliphatic heterocycles. The normalized spacial score (nSPS) is 18.9. The molecule has 0 bridgehead atoms. The molecule has 2 amide bonds. The number of nitrogens with zero attached hydrogens (tertiary/aromatic N) is 1. The summed E-state index contributed by atoms with van der Waals surface area (Å²) < 4.78 is 14.8. The van der Waals surface area contributed by atoms with E-state index in [2.05, 4.69) is 16.7 Å².